The van der Waals surface area contributed by atoms with Crippen molar-refractivity contribution in [2.75, 3.05) is 19.0 Å². The van der Waals surface area contributed by atoms with Crippen LogP contribution in [0.5, 0.6) is 5.75 Å². The lowest BCUT2D eigenvalue weighted by Gasteiger charge is -2.11. The maximum absolute atomic E-state index is 12.8. The van der Waals surface area contributed by atoms with E-state index < -0.39 is 0 Å². The molecule has 0 unspecified atom stereocenters. The van der Waals surface area contributed by atoms with E-state index >= 15 is 0 Å². The smallest absolute Gasteiger partial charge is 0.252 e. The molecule has 0 fully saturated rings. The van der Waals surface area contributed by atoms with Crippen molar-refractivity contribution >= 4 is 40.1 Å². The van der Waals surface area contributed by atoms with Crippen molar-refractivity contribution in [2.45, 2.75) is 19.4 Å². The van der Waals surface area contributed by atoms with Crippen molar-refractivity contribution in [3.8, 4) is 5.75 Å². The van der Waals surface area contributed by atoms with Gasteiger partial charge in [0.25, 0.3) is 5.91 Å². The highest BCUT2D eigenvalue weighted by atomic mass is 35.5. The highest BCUT2D eigenvalue weighted by Gasteiger charge is 2.14. The fraction of sp³-hybridized carbons (Fsp3) is 0.192. The van der Waals surface area contributed by atoms with Gasteiger partial charge in [-0.2, -0.15) is 0 Å². The molecule has 4 rings (SSSR count). The zero-order valence-electron chi connectivity index (χ0n) is 18.8. The average molecular weight is 477 g/mol. The number of carbonyl (C=O) groups excluding carboxylic acids is 2. The van der Waals surface area contributed by atoms with Crippen molar-refractivity contribution < 1.29 is 14.3 Å². The summed E-state index contributed by atoms with van der Waals surface area (Å²) in [4.78, 5) is 29.9. The fourth-order valence-electron chi connectivity index (χ4n) is 3.73. The van der Waals surface area contributed by atoms with Crippen molar-refractivity contribution in [3.63, 3.8) is 0 Å². The van der Waals surface area contributed by atoms with Gasteiger partial charge in [0.15, 0.2) is 0 Å². The van der Waals surface area contributed by atoms with Crippen LogP contribution in [0.4, 0.5) is 5.69 Å². The number of fused-ring (bicyclic) bond motifs is 1. The summed E-state index contributed by atoms with van der Waals surface area (Å²) < 4.78 is 7.14. The third-order valence-electron chi connectivity index (χ3n) is 5.37. The van der Waals surface area contributed by atoms with E-state index in [9.17, 15) is 9.59 Å². The number of amides is 2. The number of hydrogen-bond donors (Lipinski definition) is 2. The number of ether oxygens (including phenoxy) is 1. The number of benzene rings is 3. The quantitative estimate of drug-likeness (QED) is 0.343. The van der Waals surface area contributed by atoms with Gasteiger partial charge in [0.2, 0.25) is 5.91 Å². The van der Waals surface area contributed by atoms with Gasteiger partial charge in [0.1, 0.15) is 18.1 Å². The second-order valence-corrected chi connectivity index (χ2v) is 8.13. The molecule has 0 bridgehead atoms. The first-order valence-corrected chi connectivity index (χ1v) is 11.3. The Bertz CT molecular complexity index is 1320. The van der Waals surface area contributed by atoms with Gasteiger partial charge < -0.3 is 19.9 Å². The number of aryl methyl sites for hydroxylation is 1. The summed E-state index contributed by atoms with van der Waals surface area (Å²) in [6.45, 7) is 0.586. The van der Waals surface area contributed by atoms with Gasteiger partial charge >= 0.3 is 0 Å². The van der Waals surface area contributed by atoms with Gasteiger partial charge in [-0.25, -0.2) is 4.98 Å². The van der Waals surface area contributed by atoms with Crippen LogP contribution >= 0.6 is 11.6 Å². The normalized spacial score (nSPS) is 10.8. The number of anilines is 1. The molecule has 4 aromatic rings. The van der Waals surface area contributed by atoms with Crippen LogP contribution < -0.4 is 15.4 Å². The Morgan fingerprint density at radius 3 is 2.65 bits per heavy atom. The minimum absolute atomic E-state index is 0.124. The van der Waals surface area contributed by atoms with Crippen molar-refractivity contribution in [2.24, 2.45) is 0 Å². The van der Waals surface area contributed by atoms with Gasteiger partial charge in [-0.05, 0) is 42.8 Å². The summed E-state index contributed by atoms with van der Waals surface area (Å²) in [5, 5.41) is 6.23. The number of hydrogen-bond acceptors (Lipinski definition) is 4. The number of rotatable bonds is 9. The number of aromatic nitrogens is 2. The maximum atomic E-state index is 12.8. The summed E-state index contributed by atoms with van der Waals surface area (Å²) in [6.07, 6.45) is 1.26. The first kappa shape index (κ1) is 23.3. The lowest BCUT2D eigenvalue weighted by Crippen LogP contribution is -2.25. The number of methoxy groups -OCH3 is 1. The van der Waals surface area contributed by atoms with Crippen molar-refractivity contribution in [1.29, 1.82) is 0 Å². The second-order valence-electron chi connectivity index (χ2n) is 7.72. The zero-order chi connectivity index (χ0) is 23.9. The van der Waals surface area contributed by atoms with E-state index in [1.807, 2.05) is 47.0 Å². The zero-order valence-corrected chi connectivity index (χ0v) is 19.5. The molecule has 8 heteroatoms. The number of nitrogens with zero attached hydrogens (tertiary/aromatic N) is 2. The molecule has 34 heavy (non-hydrogen) atoms. The standard InChI is InChI=1S/C26H25ClN4O3/c1-34-19-9-6-8-18(16-19)29-25(32)17-31-23-13-5-4-12-22(23)30-24(31)14-7-15-28-26(33)20-10-2-3-11-21(20)27/h2-6,8-13,16H,7,14-15,17H2,1H3,(H,28,33)(H,29,32). The van der Waals surface area contributed by atoms with Gasteiger partial charge in [-0.15, -0.1) is 0 Å². The third kappa shape index (κ3) is 5.55. The van der Waals surface area contributed by atoms with Gasteiger partial charge in [-0.3, -0.25) is 9.59 Å². The molecule has 0 atom stereocenters. The number of imidazole rings is 1. The Morgan fingerprint density at radius 2 is 1.82 bits per heavy atom. The summed E-state index contributed by atoms with van der Waals surface area (Å²) in [5.41, 5.74) is 2.83. The second kappa shape index (κ2) is 10.9. The molecular formula is C26H25ClN4O3. The van der Waals surface area contributed by atoms with Crippen LogP contribution in [-0.2, 0) is 17.8 Å². The summed E-state index contributed by atoms with van der Waals surface area (Å²) in [5.74, 6) is 1.08. The molecule has 1 heterocycles. The number of para-hydroxylation sites is 2. The topological polar surface area (TPSA) is 85.2 Å². The van der Waals surface area contributed by atoms with Crippen LogP contribution in [0.1, 0.15) is 22.6 Å². The van der Waals surface area contributed by atoms with Crippen LogP contribution in [0.15, 0.2) is 72.8 Å². The SMILES string of the molecule is COc1cccc(NC(=O)Cn2c(CCCNC(=O)c3ccccc3Cl)nc3ccccc32)c1. The highest BCUT2D eigenvalue weighted by Crippen LogP contribution is 2.20. The molecule has 0 aliphatic heterocycles. The van der Waals surface area contributed by atoms with Crippen molar-refractivity contribution in [1.82, 2.24) is 14.9 Å². The molecule has 7 nitrogen and oxygen atoms in total. The van der Waals surface area contributed by atoms with Crippen LogP contribution in [0.25, 0.3) is 11.0 Å². The minimum Gasteiger partial charge on any atom is -0.497 e. The fourth-order valence-corrected chi connectivity index (χ4v) is 3.95. The Balaban J connectivity index is 1.42. The molecule has 0 saturated carbocycles. The molecule has 0 aliphatic rings. The lowest BCUT2D eigenvalue weighted by atomic mass is 10.2. The van der Waals surface area contributed by atoms with E-state index in [2.05, 4.69) is 10.6 Å². The molecule has 0 spiro atoms. The predicted molar refractivity (Wildman–Crippen MR) is 133 cm³/mol. The van der Waals surface area contributed by atoms with E-state index in [1.165, 1.54) is 0 Å². The Labute approximate surface area is 202 Å². The van der Waals surface area contributed by atoms with E-state index in [0.717, 1.165) is 16.9 Å². The Hall–Kier alpha value is -3.84. The van der Waals surface area contributed by atoms with E-state index in [4.69, 9.17) is 21.3 Å². The van der Waals surface area contributed by atoms with E-state index in [1.54, 1.807) is 37.4 Å². The molecule has 3 aromatic carbocycles. The van der Waals surface area contributed by atoms with Gasteiger partial charge in [-0.1, -0.05) is 41.9 Å². The molecule has 0 saturated heterocycles. The largest absolute Gasteiger partial charge is 0.497 e. The first-order valence-electron chi connectivity index (χ1n) is 11.0. The van der Waals surface area contributed by atoms with E-state index in [-0.39, 0.29) is 18.4 Å². The van der Waals surface area contributed by atoms with E-state index in [0.29, 0.717) is 41.4 Å². The Kier molecular flexibility index (Phi) is 7.44. The summed E-state index contributed by atoms with van der Waals surface area (Å²) in [6, 6.07) is 21.9. The first-order chi connectivity index (χ1) is 16.5. The number of nitrogens with one attached hydrogen (secondary N) is 2. The van der Waals surface area contributed by atoms with Gasteiger partial charge in [0, 0.05) is 24.7 Å². The maximum Gasteiger partial charge on any atom is 0.252 e. The highest BCUT2D eigenvalue weighted by molar-refractivity contribution is 6.33. The predicted octanol–water partition coefficient (Wildman–Crippen LogP) is 4.70. The molecule has 2 N–H and O–H groups in total. The molecule has 1 aromatic heterocycles. The van der Waals surface area contributed by atoms with Crippen LogP contribution in [0.2, 0.25) is 5.02 Å². The van der Waals surface area contributed by atoms with Crippen LogP contribution in [0, 0.1) is 0 Å². The molecule has 0 radical (unpaired) electrons. The van der Waals surface area contributed by atoms with Crippen LogP contribution in [-0.4, -0.2) is 35.0 Å². The third-order valence-corrected chi connectivity index (χ3v) is 5.70. The average Bonchev–Trinajstić information content (AvgIpc) is 3.19. The van der Waals surface area contributed by atoms with Crippen LogP contribution in [0.3, 0.4) is 0 Å². The summed E-state index contributed by atoms with van der Waals surface area (Å²) in [7, 11) is 1.59. The molecular weight excluding hydrogens is 452 g/mol. The Morgan fingerprint density at radius 1 is 1.03 bits per heavy atom. The molecule has 0 aliphatic carbocycles. The molecule has 2 amide bonds. The lowest BCUT2D eigenvalue weighted by molar-refractivity contribution is -0.116. The van der Waals surface area contributed by atoms with Gasteiger partial charge in [0.05, 0.1) is 28.7 Å². The minimum atomic E-state index is -0.211. The molecule has 174 valence electrons. The monoisotopic (exact) mass is 476 g/mol. The summed E-state index contributed by atoms with van der Waals surface area (Å²) >= 11 is 6.10. The van der Waals surface area contributed by atoms with Crippen molar-refractivity contribution in [3.05, 3.63) is 89.2 Å². The number of carbonyl (C=O) groups is 2. The number of halogens is 1.